The standard InChI is InChI=1S/C17H17FO2/c18-14-6-8-16-13(11-14)5-7-17(20-16)15-4-2-1-3-12(15)9-10-19/h1-4,6,8,11,17,19H,5,7,9-10H2. The van der Waals surface area contributed by atoms with Crippen LogP contribution in [0.5, 0.6) is 5.75 Å². The molecule has 0 radical (unpaired) electrons. The summed E-state index contributed by atoms with van der Waals surface area (Å²) in [4.78, 5) is 0. The Hall–Kier alpha value is -1.87. The molecule has 1 aliphatic heterocycles. The molecule has 2 aromatic carbocycles. The maximum absolute atomic E-state index is 13.2. The molecule has 0 spiro atoms. The van der Waals surface area contributed by atoms with Crippen molar-refractivity contribution in [3.05, 3.63) is 65.0 Å². The topological polar surface area (TPSA) is 29.5 Å². The Morgan fingerprint density at radius 2 is 2.05 bits per heavy atom. The van der Waals surface area contributed by atoms with Crippen LogP contribution < -0.4 is 4.74 Å². The van der Waals surface area contributed by atoms with Crippen molar-refractivity contribution >= 4 is 0 Å². The first-order chi connectivity index (χ1) is 9.78. The van der Waals surface area contributed by atoms with Gasteiger partial charge in [-0.25, -0.2) is 4.39 Å². The summed E-state index contributed by atoms with van der Waals surface area (Å²) in [7, 11) is 0. The van der Waals surface area contributed by atoms with Gasteiger partial charge in [0, 0.05) is 6.61 Å². The summed E-state index contributed by atoms with van der Waals surface area (Å²) in [5, 5.41) is 9.15. The van der Waals surface area contributed by atoms with Crippen molar-refractivity contribution in [3.63, 3.8) is 0 Å². The number of hydrogen-bond donors (Lipinski definition) is 1. The molecule has 3 rings (SSSR count). The molecule has 2 nitrogen and oxygen atoms in total. The predicted molar refractivity (Wildman–Crippen MR) is 75.3 cm³/mol. The fraction of sp³-hybridized carbons (Fsp3) is 0.294. The number of aliphatic hydroxyl groups excluding tert-OH is 1. The van der Waals surface area contributed by atoms with E-state index >= 15 is 0 Å². The Bertz CT molecular complexity index is 610. The Balaban J connectivity index is 1.88. The van der Waals surface area contributed by atoms with Crippen molar-refractivity contribution in [2.24, 2.45) is 0 Å². The molecule has 3 heteroatoms. The highest BCUT2D eigenvalue weighted by Gasteiger charge is 2.23. The van der Waals surface area contributed by atoms with E-state index in [2.05, 4.69) is 0 Å². The minimum atomic E-state index is -0.216. The summed E-state index contributed by atoms with van der Waals surface area (Å²) in [6.45, 7) is 0.130. The van der Waals surface area contributed by atoms with Gasteiger partial charge in [-0.3, -0.25) is 0 Å². The van der Waals surface area contributed by atoms with Crippen molar-refractivity contribution in [1.82, 2.24) is 0 Å². The number of ether oxygens (including phenoxy) is 1. The van der Waals surface area contributed by atoms with E-state index in [-0.39, 0.29) is 18.5 Å². The Kier molecular flexibility index (Phi) is 3.70. The lowest BCUT2D eigenvalue weighted by Gasteiger charge is -2.28. The van der Waals surface area contributed by atoms with Crippen LogP contribution in [0.2, 0.25) is 0 Å². The van der Waals surface area contributed by atoms with Gasteiger partial charge in [-0.1, -0.05) is 24.3 Å². The molecule has 0 aromatic heterocycles. The second-order valence-corrected chi connectivity index (χ2v) is 5.07. The molecule has 20 heavy (non-hydrogen) atoms. The maximum Gasteiger partial charge on any atom is 0.124 e. The number of rotatable bonds is 3. The molecule has 0 saturated heterocycles. The molecular formula is C17H17FO2. The molecule has 2 aromatic rings. The predicted octanol–water partition coefficient (Wildman–Crippen LogP) is 3.43. The van der Waals surface area contributed by atoms with Crippen LogP contribution in [0.25, 0.3) is 0 Å². The van der Waals surface area contributed by atoms with E-state index < -0.39 is 0 Å². The molecule has 1 unspecified atom stereocenters. The summed E-state index contributed by atoms with van der Waals surface area (Å²) < 4.78 is 19.2. The number of halogens is 1. The zero-order valence-electron chi connectivity index (χ0n) is 11.2. The lowest BCUT2D eigenvalue weighted by molar-refractivity contribution is 0.174. The SMILES string of the molecule is OCCc1ccccc1C1CCc2cc(F)ccc2O1. The largest absolute Gasteiger partial charge is 0.485 e. The molecule has 104 valence electrons. The van der Waals surface area contributed by atoms with E-state index in [1.54, 1.807) is 12.1 Å². The van der Waals surface area contributed by atoms with E-state index in [0.717, 1.165) is 35.3 Å². The van der Waals surface area contributed by atoms with E-state index in [1.807, 2.05) is 24.3 Å². The smallest absolute Gasteiger partial charge is 0.124 e. The average molecular weight is 272 g/mol. The molecule has 1 atom stereocenters. The number of fused-ring (bicyclic) bond motifs is 1. The monoisotopic (exact) mass is 272 g/mol. The fourth-order valence-corrected chi connectivity index (χ4v) is 2.77. The molecule has 0 bridgehead atoms. The fourth-order valence-electron chi connectivity index (χ4n) is 2.77. The van der Waals surface area contributed by atoms with Crippen molar-refractivity contribution in [2.75, 3.05) is 6.61 Å². The highest BCUT2D eigenvalue weighted by atomic mass is 19.1. The van der Waals surface area contributed by atoms with E-state index in [0.29, 0.717) is 6.42 Å². The normalized spacial score (nSPS) is 17.4. The number of aliphatic hydroxyl groups is 1. The van der Waals surface area contributed by atoms with Crippen LogP contribution in [-0.4, -0.2) is 11.7 Å². The minimum Gasteiger partial charge on any atom is -0.485 e. The van der Waals surface area contributed by atoms with Gasteiger partial charge in [0.05, 0.1) is 0 Å². The van der Waals surface area contributed by atoms with Gasteiger partial charge in [-0.05, 0) is 54.2 Å². The van der Waals surface area contributed by atoms with Crippen LogP contribution in [0.15, 0.2) is 42.5 Å². The van der Waals surface area contributed by atoms with Gasteiger partial charge in [0.2, 0.25) is 0 Å². The van der Waals surface area contributed by atoms with Crippen molar-refractivity contribution in [2.45, 2.75) is 25.4 Å². The van der Waals surface area contributed by atoms with Crippen LogP contribution in [0, 0.1) is 5.82 Å². The van der Waals surface area contributed by atoms with Crippen molar-refractivity contribution < 1.29 is 14.2 Å². The van der Waals surface area contributed by atoms with Crippen molar-refractivity contribution in [1.29, 1.82) is 0 Å². The first-order valence-electron chi connectivity index (χ1n) is 6.91. The quantitative estimate of drug-likeness (QED) is 0.927. The molecule has 1 N–H and O–H groups in total. The molecular weight excluding hydrogens is 255 g/mol. The Morgan fingerprint density at radius 3 is 2.90 bits per heavy atom. The Labute approximate surface area is 117 Å². The second-order valence-electron chi connectivity index (χ2n) is 5.07. The van der Waals surface area contributed by atoms with Gasteiger partial charge in [-0.2, -0.15) is 0 Å². The summed E-state index contributed by atoms with van der Waals surface area (Å²) >= 11 is 0. The van der Waals surface area contributed by atoms with Crippen LogP contribution in [0.4, 0.5) is 4.39 Å². The lowest BCUT2D eigenvalue weighted by Crippen LogP contribution is -2.17. The number of hydrogen-bond acceptors (Lipinski definition) is 2. The third kappa shape index (κ3) is 2.54. The molecule has 1 heterocycles. The van der Waals surface area contributed by atoms with Crippen LogP contribution >= 0.6 is 0 Å². The van der Waals surface area contributed by atoms with Crippen LogP contribution in [0.3, 0.4) is 0 Å². The second kappa shape index (κ2) is 5.63. The summed E-state index contributed by atoms with van der Waals surface area (Å²) in [5.74, 6) is 0.549. The summed E-state index contributed by atoms with van der Waals surface area (Å²) in [6, 6.07) is 12.7. The number of aryl methyl sites for hydroxylation is 1. The summed E-state index contributed by atoms with van der Waals surface area (Å²) in [5.41, 5.74) is 3.17. The van der Waals surface area contributed by atoms with Gasteiger partial charge < -0.3 is 9.84 Å². The third-order valence-electron chi connectivity index (χ3n) is 3.75. The molecule has 0 aliphatic carbocycles. The number of benzene rings is 2. The Morgan fingerprint density at radius 1 is 1.20 bits per heavy atom. The first kappa shape index (κ1) is 13.1. The molecule has 0 fully saturated rings. The van der Waals surface area contributed by atoms with Crippen molar-refractivity contribution in [3.8, 4) is 5.75 Å². The van der Waals surface area contributed by atoms with Gasteiger partial charge >= 0.3 is 0 Å². The highest BCUT2D eigenvalue weighted by molar-refractivity contribution is 5.38. The highest BCUT2D eigenvalue weighted by Crippen LogP contribution is 2.36. The summed E-state index contributed by atoms with van der Waals surface area (Å²) in [6.07, 6.45) is 2.26. The molecule has 0 saturated carbocycles. The van der Waals surface area contributed by atoms with Crippen LogP contribution in [-0.2, 0) is 12.8 Å². The third-order valence-corrected chi connectivity index (χ3v) is 3.75. The first-order valence-corrected chi connectivity index (χ1v) is 6.91. The zero-order chi connectivity index (χ0) is 13.9. The molecule has 1 aliphatic rings. The van der Waals surface area contributed by atoms with E-state index in [4.69, 9.17) is 9.84 Å². The van der Waals surface area contributed by atoms with Gasteiger partial charge in [0.1, 0.15) is 17.7 Å². The molecule has 0 amide bonds. The zero-order valence-corrected chi connectivity index (χ0v) is 11.2. The van der Waals surface area contributed by atoms with Gasteiger partial charge in [-0.15, -0.1) is 0 Å². The average Bonchev–Trinajstić information content (AvgIpc) is 2.48. The van der Waals surface area contributed by atoms with Gasteiger partial charge in [0.15, 0.2) is 0 Å². The minimum absolute atomic E-state index is 0.0179. The van der Waals surface area contributed by atoms with Crippen LogP contribution in [0.1, 0.15) is 29.2 Å². The van der Waals surface area contributed by atoms with E-state index in [9.17, 15) is 4.39 Å². The maximum atomic E-state index is 13.2. The lowest BCUT2D eigenvalue weighted by atomic mass is 9.93. The van der Waals surface area contributed by atoms with E-state index in [1.165, 1.54) is 6.07 Å². The van der Waals surface area contributed by atoms with Gasteiger partial charge in [0.25, 0.3) is 0 Å².